The van der Waals surface area contributed by atoms with Gasteiger partial charge in [-0.05, 0) is 37.0 Å². The van der Waals surface area contributed by atoms with Gasteiger partial charge in [0.25, 0.3) is 0 Å². The van der Waals surface area contributed by atoms with Crippen molar-refractivity contribution in [3.05, 3.63) is 30.0 Å². The summed E-state index contributed by atoms with van der Waals surface area (Å²) in [5.41, 5.74) is 1.50. The van der Waals surface area contributed by atoms with Gasteiger partial charge in [0.2, 0.25) is 0 Å². The summed E-state index contributed by atoms with van der Waals surface area (Å²) >= 11 is 0. The van der Waals surface area contributed by atoms with E-state index in [1.54, 1.807) is 12.1 Å². The molecule has 0 amide bonds. The Morgan fingerprint density at radius 3 is 2.65 bits per heavy atom. The van der Waals surface area contributed by atoms with Crippen LogP contribution in [0.4, 0.5) is 0 Å². The number of ether oxygens (including phenoxy) is 2. The highest BCUT2D eigenvalue weighted by molar-refractivity contribution is 6.05. The van der Waals surface area contributed by atoms with E-state index in [0.29, 0.717) is 24.0 Å². The predicted molar refractivity (Wildman–Crippen MR) is 86.6 cm³/mol. The fraction of sp³-hybridized carbons (Fsp3) is 0.444. The van der Waals surface area contributed by atoms with E-state index in [0.717, 1.165) is 23.7 Å². The number of fused-ring (bicyclic) bond motifs is 1. The average Bonchev–Trinajstić information content (AvgIpc) is 3.25. The fourth-order valence-corrected chi connectivity index (χ4v) is 2.60. The van der Waals surface area contributed by atoms with Crippen LogP contribution in [0.5, 0.6) is 5.75 Å². The Hall–Kier alpha value is -2.30. The standard InChI is InChI=1S/C18H21NO4/c1-11(2)10-22-18(21)16-9-19(13-4-5-13)17-7-6-14(8-15(16)17)23-12(3)20/h6-9,11,13H,4-5,10H2,1-3H3. The van der Waals surface area contributed by atoms with Gasteiger partial charge < -0.3 is 14.0 Å². The minimum absolute atomic E-state index is 0.285. The number of hydrogen-bond acceptors (Lipinski definition) is 4. The van der Waals surface area contributed by atoms with E-state index in [9.17, 15) is 9.59 Å². The molecular weight excluding hydrogens is 294 g/mol. The summed E-state index contributed by atoms with van der Waals surface area (Å²) in [6.07, 6.45) is 4.11. The normalized spacial score (nSPS) is 14.3. The molecule has 1 aliphatic carbocycles. The largest absolute Gasteiger partial charge is 0.462 e. The lowest BCUT2D eigenvalue weighted by atomic mass is 10.1. The Balaban J connectivity index is 2.00. The molecule has 0 unspecified atom stereocenters. The monoisotopic (exact) mass is 315 g/mol. The quantitative estimate of drug-likeness (QED) is 0.623. The van der Waals surface area contributed by atoms with Crippen LogP contribution in [0, 0.1) is 5.92 Å². The Kier molecular flexibility index (Phi) is 4.11. The maximum absolute atomic E-state index is 12.4. The van der Waals surface area contributed by atoms with Gasteiger partial charge >= 0.3 is 11.9 Å². The minimum atomic E-state index is -0.380. The highest BCUT2D eigenvalue weighted by Gasteiger charge is 2.28. The van der Waals surface area contributed by atoms with Crippen LogP contribution in [0.15, 0.2) is 24.4 Å². The molecule has 122 valence electrons. The molecule has 0 aliphatic heterocycles. The van der Waals surface area contributed by atoms with Gasteiger partial charge in [-0.15, -0.1) is 0 Å². The summed E-state index contributed by atoms with van der Waals surface area (Å²) in [6.45, 7) is 5.75. The summed E-state index contributed by atoms with van der Waals surface area (Å²) < 4.78 is 12.6. The molecule has 23 heavy (non-hydrogen) atoms. The van der Waals surface area contributed by atoms with Crippen LogP contribution in [0.2, 0.25) is 0 Å². The molecule has 0 bridgehead atoms. The molecular formula is C18H21NO4. The predicted octanol–water partition coefficient (Wildman–Crippen LogP) is 3.71. The molecule has 1 aromatic heterocycles. The second-order valence-electron chi connectivity index (χ2n) is 6.45. The first-order chi connectivity index (χ1) is 11.0. The maximum atomic E-state index is 12.4. The van der Waals surface area contributed by atoms with Gasteiger partial charge in [-0.1, -0.05) is 13.8 Å². The van der Waals surface area contributed by atoms with Crippen molar-refractivity contribution in [2.75, 3.05) is 6.61 Å². The molecule has 5 heteroatoms. The molecule has 1 fully saturated rings. The summed E-state index contributed by atoms with van der Waals surface area (Å²) in [6, 6.07) is 5.84. The van der Waals surface area contributed by atoms with Crippen molar-refractivity contribution in [2.45, 2.75) is 39.7 Å². The molecule has 0 spiro atoms. The molecule has 0 radical (unpaired) electrons. The lowest BCUT2D eigenvalue weighted by Gasteiger charge is -2.06. The average molecular weight is 315 g/mol. The third kappa shape index (κ3) is 3.38. The molecule has 1 saturated carbocycles. The third-order valence-electron chi connectivity index (χ3n) is 3.77. The van der Waals surface area contributed by atoms with Gasteiger partial charge in [-0.2, -0.15) is 0 Å². The second kappa shape index (κ2) is 6.07. The third-order valence-corrected chi connectivity index (χ3v) is 3.77. The number of benzene rings is 1. The highest BCUT2D eigenvalue weighted by atomic mass is 16.5. The Morgan fingerprint density at radius 2 is 2.04 bits per heavy atom. The molecule has 5 nitrogen and oxygen atoms in total. The molecule has 1 aromatic carbocycles. The van der Waals surface area contributed by atoms with E-state index in [2.05, 4.69) is 4.57 Å². The zero-order chi connectivity index (χ0) is 16.6. The fourth-order valence-electron chi connectivity index (χ4n) is 2.60. The SMILES string of the molecule is CC(=O)Oc1ccc2c(c1)c(C(=O)OCC(C)C)cn2C1CC1. The van der Waals surface area contributed by atoms with E-state index < -0.39 is 0 Å². The van der Waals surface area contributed by atoms with Gasteiger partial charge in [-0.25, -0.2) is 4.79 Å². The van der Waals surface area contributed by atoms with Gasteiger partial charge in [0, 0.05) is 30.1 Å². The van der Waals surface area contributed by atoms with Gasteiger partial charge in [-0.3, -0.25) is 4.79 Å². The molecule has 1 aliphatic rings. The van der Waals surface area contributed by atoms with Crippen molar-refractivity contribution >= 4 is 22.8 Å². The van der Waals surface area contributed by atoms with Crippen molar-refractivity contribution in [3.63, 3.8) is 0 Å². The van der Waals surface area contributed by atoms with E-state index >= 15 is 0 Å². The van der Waals surface area contributed by atoms with Gasteiger partial charge in [0.1, 0.15) is 5.75 Å². The van der Waals surface area contributed by atoms with E-state index in [4.69, 9.17) is 9.47 Å². The number of carbonyl (C=O) groups excluding carboxylic acids is 2. The molecule has 2 aromatic rings. The molecule has 0 N–H and O–H groups in total. The Morgan fingerprint density at radius 1 is 1.30 bits per heavy atom. The zero-order valence-corrected chi connectivity index (χ0v) is 13.7. The lowest BCUT2D eigenvalue weighted by molar-refractivity contribution is -0.131. The van der Waals surface area contributed by atoms with E-state index in [-0.39, 0.29) is 17.9 Å². The number of carbonyl (C=O) groups is 2. The van der Waals surface area contributed by atoms with E-state index in [1.807, 2.05) is 26.1 Å². The molecule has 1 heterocycles. The molecule has 0 atom stereocenters. The first-order valence-corrected chi connectivity index (χ1v) is 7.96. The number of esters is 2. The van der Waals surface area contributed by atoms with Crippen molar-refractivity contribution in [1.82, 2.24) is 4.57 Å². The summed E-state index contributed by atoms with van der Waals surface area (Å²) in [4.78, 5) is 23.6. The van der Waals surface area contributed by atoms with Crippen LogP contribution < -0.4 is 4.74 Å². The molecule has 0 saturated heterocycles. The van der Waals surface area contributed by atoms with Crippen LogP contribution >= 0.6 is 0 Å². The van der Waals surface area contributed by atoms with Gasteiger partial charge in [0.05, 0.1) is 12.2 Å². The first-order valence-electron chi connectivity index (χ1n) is 7.96. The smallest absolute Gasteiger partial charge is 0.340 e. The topological polar surface area (TPSA) is 57.5 Å². The Bertz CT molecular complexity index is 756. The van der Waals surface area contributed by atoms with Crippen molar-refractivity contribution < 1.29 is 19.1 Å². The molecule has 3 rings (SSSR count). The van der Waals surface area contributed by atoms with Crippen molar-refractivity contribution in [2.24, 2.45) is 5.92 Å². The van der Waals surface area contributed by atoms with Gasteiger partial charge in [0.15, 0.2) is 0 Å². The zero-order valence-electron chi connectivity index (χ0n) is 13.7. The van der Waals surface area contributed by atoms with E-state index in [1.165, 1.54) is 6.92 Å². The van der Waals surface area contributed by atoms with Crippen LogP contribution in [0.1, 0.15) is 50.0 Å². The number of aromatic nitrogens is 1. The number of rotatable bonds is 5. The first kappa shape index (κ1) is 15.6. The van der Waals surface area contributed by atoms with Crippen molar-refractivity contribution in [3.8, 4) is 5.75 Å². The number of hydrogen-bond donors (Lipinski definition) is 0. The van der Waals surface area contributed by atoms with Crippen LogP contribution in [-0.2, 0) is 9.53 Å². The highest BCUT2D eigenvalue weighted by Crippen LogP contribution is 2.39. The minimum Gasteiger partial charge on any atom is -0.462 e. The summed E-state index contributed by atoms with van der Waals surface area (Å²) in [5.74, 6) is 0.0155. The maximum Gasteiger partial charge on any atom is 0.340 e. The summed E-state index contributed by atoms with van der Waals surface area (Å²) in [5, 5.41) is 0.768. The Labute approximate surface area is 135 Å². The number of nitrogens with zero attached hydrogens (tertiary/aromatic N) is 1. The second-order valence-corrected chi connectivity index (χ2v) is 6.45. The van der Waals surface area contributed by atoms with Crippen LogP contribution in [0.25, 0.3) is 10.9 Å². The summed E-state index contributed by atoms with van der Waals surface area (Å²) in [7, 11) is 0. The van der Waals surface area contributed by atoms with Crippen molar-refractivity contribution in [1.29, 1.82) is 0 Å². The van der Waals surface area contributed by atoms with Crippen LogP contribution in [0.3, 0.4) is 0 Å². The lowest BCUT2D eigenvalue weighted by Crippen LogP contribution is -2.10. The van der Waals surface area contributed by atoms with Crippen LogP contribution in [-0.4, -0.2) is 23.1 Å².